The summed E-state index contributed by atoms with van der Waals surface area (Å²) >= 11 is 0. The van der Waals surface area contributed by atoms with Gasteiger partial charge in [-0.3, -0.25) is 37.4 Å². The third-order valence-electron chi connectivity index (χ3n) is 10.9. The molecule has 5 atom stereocenters. The first-order valence-corrected chi connectivity index (χ1v) is 18.5. The predicted molar refractivity (Wildman–Crippen MR) is 201 cm³/mol. The van der Waals surface area contributed by atoms with Gasteiger partial charge in [0.25, 0.3) is 0 Å². The van der Waals surface area contributed by atoms with Crippen LogP contribution in [0.4, 0.5) is 0 Å². The van der Waals surface area contributed by atoms with Gasteiger partial charge >= 0.3 is 23.9 Å². The molecular formula is C37H48N4O20. The van der Waals surface area contributed by atoms with Crippen molar-refractivity contribution in [3.8, 4) is 47.0 Å². The van der Waals surface area contributed by atoms with Crippen LogP contribution in [0.15, 0.2) is 48.5 Å². The standard InChI is InChI=1S/C37H48N4O20/c42-17-36(18-43,35(60)19(1-13-31(52)53)38-22(44)4-5-23(38)45)37(20(2-14-32(54)55)39-24(46)6-7-25(39)47,21(3-15-33(56)57)40-26(48)8-9-27(40)49)61-30(12-16-34(58)59)41-28(50)10-11-29(41)51/h4-11,19-21,30,35,42-51,60H,1-3,12-18H2,(H,52,53)(H,54,55)(H,56,57)(H,58,59). The topological polar surface area (TPSA) is 401 Å². The molecule has 0 aromatic carbocycles. The molecule has 24 heteroatoms. The second kappa shape index (κ2) is 19.1. The number of hydrogen-bond acceptors (Lipinski definition) is 16. The van der Waals surface area contributed by atoms with Crippen molar-refractivity contribution in [1.82, 2.24) is 18.3 Å². The van der Waals surface area contributed by atoms with Crippen LogP contribution in [0.3, 0.4) is 0 Å². The second-order valence-corrected chi connectivity index (χ2v) is 14.3. The van der Waals surface area contributed by atoms with Gasteiger partial charge < -0.3 is 81.3 Å². The minimum absolute atomic E-state index is 0.557. The Kier molecular flexibility index (Phi) is 14.7. The number of aromatic hydroxyl groups is 8. The first-order valence-electron chi connectivity index (χ1n) is 18.5. The number of aliphatic hydroxyl groups excluding tert-OH is 3. The predicted octanol–water partition coefficient (Wildman–Crippen LogP) is 1.31. The molecular weight excluding hydrogens is 820 g/mol. The summed E-state index contributed by atoms with van der Waals surface area (Å²) in [7, 11) is 0. The lowest BCUT2D eigenvalue weighted by molar-refractivity contribution is -0.289. The van der Waals surface area contributed by atoms with Crippen LogP contribution in [0.25, 0.3) is 0 Å². The monoisotopic (exact) mass is 868 g/mol. The third kappa shape index (κ3) is 9.20. The molecule has 4 aromatic heterocycles. The van der Waals surface area contributed by atoms with Gasteiger partial charge in [0, 0.05) is 80.6 Å². The Hall–Kier alpha value is -6.76. The number of carbonyl (C=O) groups is 4. The smallest absolute Gasteiger partial charge is 0.303 e. The highest BCUT2D eigenvalue weighted by Crippen LogP contribution is 2.61. The summed E-state index contributed by atoms with van der Waals surface area (Å²) in [5, 5.41) is 166. The average Bonchev–Trinajstić information content (AvgIpc) is 3.92. The zero-order valence-corrected chi connectivity index (χ0v) is 32.1. The van der Waals surface area contributed by atoms with Crippen LogP contribution < -0.4 is 0 Å². The van der Waals surface area contributed by atoms with Crippen LogP contribution in [0, 0.1) is 5.41 Å². The van der Waals surface area contributed by atoms with Crippen LogP contribution in [0.5, 0.6) is 47.0 Å². The van der Waals surface area contributed by atoms with Gasteiger partial charge in [0.05, 0.1) is 42.9 Å². The number of carboxylic acids is 4. The fourth-order valence-corrected chi connectivity index (χ4v) is 8.23. The lowest BCUT2D eigenvalue weighted by Crippen LogP contribution is -2.69. The van der Waals surface area contributed by atoms with Gasteiger partial charge in [0.15, 0.2) is 47.0 Å². The zero-order chi connectivity index (χ0) is 45.6. The van der Waals surface area contributed by atoms with Crippen LogP contribution in [0.2, 0.25) is 0 Å². The van der Waals surface area contributed by atoms with Crippen LogP contribution in [0.1, 0.15) is 75.7 Å². The van der Waals surface area contributed by atoms with E-state index in [2.05, 4.69) is 0 Å². The molecule has 4 heterocycles. The van der Waals surface area contributed by atoms with Crippen molar-refractivity contribution in [2.24, 2.45) is 5.41 Å². The molecule has 24 nitrogen and oxygen atoms in total. The molecule has 5 unspecified atom stereocenters. The number of ether oxygens (including phenoxy) is 1. The summed E-state index contributed by atoms with van der Waals surface area (Å²) in [6.45, 7) is -3.30. The zero-order valence-electron chi connectivity index (χ0n) is 32.1. The van der Waals surface area contributed by atoms with Gasteiger partial charge in [-0.2, -0.15) is 0 Å². The molecule has 0 aliphatic rings. The molecule has 0 saturated carbocycles. The van der Waals surface area contributed by atoms with E-state index in [-0.39, 0.29) is 0 Å². The van der Waals surface area contributed by atoms with Crippen LogP contribution in [-0.2, 0) is 23.9 Å². The highest BCUT2D eigenvalue weighted by Gasteiger charge is 2.68. The first-order chi connectivity index (χ1) is 28.7. The summed E-state index contributed by atoms with van der Waals surface area (Å²) in [4.78, 5) is 49.0. The van der Waals surface area contributed by atoms with E-state index < -0.39 is 177 Å². The number of carboxylic acid groups (broad SMARTS) is 4. The minimum atomic E-state index is -3.28. The molecule has 0 amide bonds. The van der Waals surface area contributed by atoms with Crippen molar-refractivity contribution < 1.29 is 101 Å². The fraction of sp³-hybridized carbons (Fsp3) is 0.459. The van der Waals surface area contributed by atoms with Gasteiger partial charge in [0.2, 0.25) is 0 Å². The number of aliphatic carboxylic acids is 4. The number of rotatable bonds is 25. The maximum atomic E-state index is 12.9. The molecule has 0 aliphatic heterocycles. The van der Waals surface area contributed by atoms with Gasteiger partial charge in [-0.25, -0.2) is 0 Å². The Morgan fingerprint density at radius 2 is 0.770 bits per heavy atom. The van der Waals surface area contributed by atoms with E-state index in [0.29, 0.717) is 18.3 Å². The maximum Gasteiger partial charge on any atom is 0.303 e. The van der Waals surface area contributed by atoms with E-state index in [1.807, 2.05) is 0 Å². The lowest BCUT2D eigenvalue weighted by atomic mass is 9.58. The van der Waals surface area contributed by atoms with Gasteiger partial charge in [-0.15, -0.1) is 0 Å². The van der Waals surface area contributed by atoms with Crippen molar-refractivity contribution in [1.29, 1.82) is 0 Å². The normalized spacial score (nSPS) is 15.4. The van der Waals surface area contributed by atoms with E-state index in [9.17, 15) is 95.8 Å². The number of hydrogen-bond donors (Lipinski definition) is 15. The molecule has 0 saturated heterocycles. The van der Waals surface area contributed by atoms with Crippen molar-refractivity contribution in [2.45, 2.75) is 87.4 Å². The van der Waals surface area contributed by atoms with Crippen molar-refractivity contribution in [3.63, 3.8) is 0 Å². The summed E-state index contributed by atoms with van der Waals surface area (Å²) in [6.07, 6.45) is -12.1. The molecule has 0 radical (unpaired) electrons. The Morgan fingerprint density at radius 3 is 1.10 bits per heavy atom. The van der Waals surface area contributed by atoms with Crippen molar-refractivity contribution >= 4 is 23.9 Å². The molecule has 0 fully saturated rings. The molecule has 0 aliphatic carbocycles. The van der Waals surface area contributed by atoms with Gasteiger partial charge in [0.1, 0.15) is 11.8 Å². The van der Waals surface area contributed by atoms with E-state index in [1.165, 1.54) is 0 Å². The van der Waals surface area contributed by atoms with E-state index in [4.69, 9.17) is 4.74 Å². The highest BCUT2D eigenvalue weighted by atomic mass is 16.5. The number of aliphatic hydroxyl groups is 3. The molecule has 336 valence electrons. The van der Waals surface area contributed by atoms with Crippen molar-refractivity contribution in [2.75, 3.05) is 13.2 Å². The van der Waals surface area contributed by atoms with Crippen LogP contribution >= 0.6 is 0 Å². The Balaban J connectivity index is 2.39. The fourth-order valence-electron chi connectivity index (χ4n) is 8.23. The molecule has 4 aromatic rings. The Morgan fingerprint density at radius 1 is 0.475 bits per heavy atom. The summed E-state index contributed by atoms with van der Waals surface area (Å²) < 4.78 is 9.10. The first kappa shape index (κ1) is 46.9. The van der Waals surface area contributed by atoms with Gasteiger partial charge in [-0.1, -0.05) is 0 Å². The summed E-state index contributed by atoms with van der Waals surface area (Å²) in [5.41, 5.74) is -6.42. The van der Waals surface area contributed by atoms with E-state index in [0.717, 1.165) is 48.5 Å². The molecule has 4 rings (SSSR count). The second-order valence-electron chi connectivity index (χ2n) is 14.3. The summed E-state index contributed by atoms with van der Waals surface area (Å²) in [5.74, 6) is -13.4. The van der Waals surface area contributed by atoms with E-state index >= 15 is 0 Å². The molecule has 61 heavy (non-hydrogen) atoms. The maximum absolute atomic E-state index is 12.9. The third-order valence-corrected chi connectivity index (χ3v) is 10.9. The number of nitrogens with zero attached hydrogens (tertiary/aromatic N) is 4. The minimum Gasteiger partial charge on any atom is -0.494 e. The van der Waals surface area contributed by atoms with Crippen molar-refractivity contribution in [3.05, 3.63) is 48.5 Å². The number of aromatic nitrogens is 4. The molecule has 0 bridgehead atoms. The highest BCUT2D eigenvalue weighted by molar-refractivity contribution is 5.68. The van der Waals surface area contributed by atoms with Gasteiger partial charge in [-0.05, 0) is 19.3 Å². The largest absolute Gasteiger partial charge is 0.494 e. The quantitative estimate of drug-likeness (QED) is 0.0446. The van der Waals surface area contributed by atoms with Crippen LogP contribution in [-0.4, -0.2) is 144 Å². The molecule has 15 N–H and O–H groups in total. The Bertz CT molecular complexity index is 2020. The van der Waals surface area contributed by atoms with E-state index in [1.54, 1.807) is 0 Å². The summed E-state index contributed by atoms with van der Waals surface area (Å²) in [6, 6.07) is 0.642. The molecule has 0 spiro atoms. The average molecular weight is 869 g/mol. The SMILES string of the molecule is O=C(O)CCC(OC(C(CCC(=O)O)n1c(O)ccc1O)(C(CCC(=O)O)n1c(O)ccc1O)C(CO)(CO)C(O)C(CCC(=O)O)n1c(O)ccc1O)n1c(O)ccc1O. The Labute approximate surface area is 344 Å². The lowest BCUT2D eigenvalue weighted by Gasteiger charge is -2.60.